The molecule has 9 nitrogen and oxygen atoms in total. The predicted molar refractivity (Wildman–Crippen MR) is 108 cm³/mol. The van der Waals surface area contributed by atoms with Gasteiger partial charge in [0.1, 0.15) is 17.6 Å². The highest BCUT2D eigenvalue weighted by Gasteiger charge is 2.38. The third-order valence-corrected chi connectivity index (χ3v) is 5.21. The van der Waals surface area contributed by atoms with Gasteiger partial charge in [0.05, 0.1) is 23.8 Å². The Hall–Kier alpha value is -3.62. The number of para-hydroxylation sites is 2. The maximum Gasteiger partial charge on any atom is 0.325 e. The molecule has 156 valence electrons. The smallest absolute Gasteiger partial charge is 0.325 e. The van der Waals surface area contributed by atoms with E-state index < -0.39 is 12.1 Å². The summed E-state index contributed by atoms with van der Waals surface area (Å²) in [4.78, 5) is 42.3. The van der Waals surface area contributed by atoms with Gasteiger partial charge in [0.25, 0.3) is 5.91 Å². The van der Waals surface area contributed by atoms with Gasteiger partial charge in [0, 0.05) is 26.4 Å². The van der Waals surface area contributed by atoms with Crippen LogP contribution in [0.5, 0.6) is 0 Å². The van der Waals surface area contributed by atoms with Gasteiger partial charge in [0.2, 0.25) is 5.91 Å². The molecule has 1 fully saturated rings. The van der Waals surface area contributed by atoms with Gasteiger partial charge in [-0.1, -0.05) is 12.1 Å². The van der Waals surface area contributed by atoms with Crippen LogP contribution in [0, 0.1) is 0 Å². The van der Waals surface area contributed by atoms with Gasteiger partial charge >= 0.3 is 6.03 Å². The lowest BCUT2D eigenvalue weighted by molar-refractivity contribution is -0.128. The Balaban J connectivity index is 1.23. The molecular formula is C21H23N5O4. The van der Waals surface area contributed by atoms with Gasteiger partial charge in [-0.3, -0.25) is 14.5 Å². The van der Waals surface area contributed by atoms with E-state index in [0.29, 0.717) is 18.7 Å². The first-order valence-electron chi connectivity index (χ1n) is 9.84. The van der Waals surface area contributed by atoms with E-state index in [1.165, 1.54) is 6.26 Å². The predicted octanol–water partition coefficient (Wildman–Crippen LogP) is 1.73. The van der Waals surface area contributed by atoms with Crippen LogP contribution < -0.4 is 10.6 Å². The lowest BCUT2D eigenvalue weighted by Gasteiger charge is -2.11. The summed E-state index contributed by atoms with van der Waals surface area (Å²) < 4.78 is 7.20. The second-order valence-electron chi connectivity index (χ2n) is 7.22. The zero-order valence-electron chi connectivity index (χ0n) is 16.6. The molecule has 1 aliphatic heterocycles. The molecule has 4 amide bonds. The zero-order valence-corrected chi connectivity index (χ0v) is 16.6. The Morgan fingerprint density at radius 3 is 2.83 bits per heavy atom. The number of carbonyl (C=O) groups excluding carboxylic acids is 3. The Bertz CT molecular complexity index is 1070. The SMILES string of the molecule is Cn1c(CCNC(=O)CCC2NC(=O)N(Cc3ccco3)C2=O)nc2ccccc21. The van der Waals surface area contributed by atoms with Crippen LogP contribution in [0.15, 0.2) is 47.1 Å². The second kappa shape index (κ2) is 8.40. The summed E-state index contributed by atoms with van der Waals surface area (Å²) in [6, 6.07) is 10.1. The monoisotopic (exact) mass is 409 g/mol. The number of amides is 4. The molecule has 2 N–H and O–H groups in total. The quantitative estimate of drug-likeness (QED) is 0.551. The van der Waals surface area contributed by atoms with Crippen molar-refractivity contribution in [1.29, 1.82) is 0 Å². The van der Waals surface area contributed by atoms with Crippen molar-refractivity contribution < 1.29 is 18.8 Å². The molecule has 0 aliphatic carbocycles. The maximum absolute atomic E-state index is 12.4. The second-order valence-corrected chi connectivity index (χ2v) is 7.22. The van der Waals surface area contributed by atoms with E-state index in [-0.39, 0.29) is 31.2 Å². The molecule has 1 aliphatic rings. The van der Waals surface area contributed by atoms with Crippen molar-refractivity contribution in [3.63, 3.8) is 0 Å². The number of fused-ring (bicyclic) bond motifs is 1. The van der Waals surface area contributed by atoms with Crippen LogP contribution in [-0.2, 0) is 29.6 Å². The minimum atomic E-state index is -0.696. The third kappa shape index (κ3) is 4.05. The van der Waals surface area contributed by atoms with Crippen molar-refractivity contribution >= 4 is 28.9 Å². The van der Waals surface area contributed by atoms with Crippen LogP contribution in [0.1, 0.15) is 24.4 Å². The van der Waals surface area contributed by atoms with Crippen LogP contribution in [-0.4, -0.2) is 44.9 Å². The highest BCUT2D eigenvalue weighted by Crippen LogP contribution is 2.16. The highest BCUT2D eigenvalue weighted by molar-refractivity contribution is 6.04. The van der Waals surface area contributed by atoms with Crippen LogP contribution >= 0.6 is 0 Å². The van der Waals surface area contributed by atoms with Gasteiger partial charge < -0.3 is 19.6 Å². The van der Waals surface area contributed by atoms with Crippen molar-refractivity contribution in [2.45, 2.75) is 31.8 Å². The van der Waals surface area contributed by atoms with E-state index in [2.05, 4.69) is 15.6 Å². The lowest BCUT2D eigenvalue weighted by Crippen LogP contribution is -2.33. The molecule has 9 heteroatoms. The fourth-order valence-electron chi connectivity index (χ4n) is 3.58. The maximum atomic E-state index is 12.4. The lowest BCUT2D eigenvalue weighted by atomic mass is 10.1. The molecule has 3 heterocycles. The highest BCUT2D eigenvalue weighted by atomic mass is 16.3. The van der Waals surface area contributed by atoms with Gasteiger partial charge in [-0.05, 0) is 30.7 Å². The molecule has 0 radical (unpaired) electrons. The van der Waals surface area contributed by atoms with Crippen LogP contribution in [0.4, 0.5) is 4.79 Å². The summed E-state index contributed by atoms with van der Waals surface area (Å²) in [6.45, 7) is 0.532. The van der Waals surface area contributed by atoms with Crippen LogP contribution in [0.2, 0.25) is 0 Å². The van der Waals surface area contributed by atoms with Gasteiger partial charge in [-0.15, -0.1) is 0 Å². The fourth-order valence-corrected chi connectivity index (χ4v) is 3.58. The minimum absolute atomic E-state index is 0.0817. The summed E-state index contributed by atoms with van der Waals surface area (Å²) in [5.41, 5.74) is 1.98. The number of urea groups is 1. The number of benzene rings is 1. The Labute approximate surface area is 173 Å². The molecular weight excluding hydrogens is 386 g/mol. The molecule has 0 saturated carbocycles. The molecule has 1 aromatic carbocycles. The third-order valence-electron chi connectivity index (χ3n) is 5.21. The Morgan fingerprint density at radius 1 is 1.23 bits per heavy atom. The topological polar surface area (TPSA) is 109 Å². The number of aryl methyl sites for hydroxylation is 1. The summed E-state index contributed by atoms with van der Waals surface area (Å²) in [7, 11) is 1.95. The first-order valence-corrected chi connectivity index (χ1v) is 9.84. The molecule has 2 aromatic heterocycles. The number of imidazole rings is 1. The van der Waals surface area contributed by atoms with Gasteiger partial charge in [-0.2, -0.15) is 0 Å². The number of rotatable bonds is 8. The van der Waals surface area contributed by atoms with Crippen molar-refractivity contribution in [1.82, 2.24) is 25.1 Å². The number of furan rings is 1. The fraction of sp³-hybridized carbons (Fsp3) is 0.333. The van der Waals surface area contributed by atoms with Gasteiger partial charge in [-0.25, -0.2) is 9.78 Å². The number of imide groups is 1. The number of hydrogen-bond donors (Lipinski definition) is 2. The first-order chi connectivity index (χ1) is 14.5. The summed E-state index contributed by atoms with van der Waals surface area (Å²) in [6.07, 6.45) is 2.49. The Morgan fingerprint density at radius 2 is 2.07 bits per heavy atom. The normalized spacial score (nSPS) is 16.3. The zero-order chi connectivity index (χ0) is 21.1. The summed E-state index contributed by atoms with van der Waals surface area (Å²) >= 11 is 0. The molecule has 0 bridgehead atoms. The number of carbonyl (C=O) groups is 3. The molecule has 4 rings (SSSR count). The molecule has 1 saturated heterocycles. The molecule has 0 spiro atoms. The van der Waals surface area contributed by atoms with Crippen LogP contribution in [0.3, 0.4) is 0 Å². The van der Waals surface area contributed by atoms with E-state index in [4.69, 9.17) is 4.42 Å². The Kier molecular flexibility index (Phi) is 5.51. The molecule has 1 unspecified atom stereocenters. The summed E-state index contributed by atoms with van der Waals surface area (Å²) in [5.74, 6) is 0.909. The standard InChI is InChI=1S/C21H23N5O4/c1-25-17-7-3-2-6-15(17)23-18(25)10-11-22-19(27)9-8-16-20(28)26(21(29)24-16)13-14-5-4-12-30-14/h2-7,12,16H,8-11,13H2,1H3,(H,22,27)(H,24,29). The number of nitrogens with one attached hydrogen (secondary N) is 2. The van der Waals surface area contributed by atoms with E-state index in [9.17, 15) is 14.4 Å². The molecule has 30 heavy (non-hydrogen) atoms. The summed E-state index contributed by atoms with van der Waals surface area (Å²) in [5, 5.41) is 5.48. The van der Waals surface area contributed by atoms with E-state index in [1.807, 2.05) is 35.9 Å². The van der Waals surface area contributed by atoms with Crippen molar-refractivity contribution in [2.75, 3.05) is 6.54 Å². The number of aromatic nitrogens is 2. The van der Waals surface area contributed by atoms with E-state index in [1.54, 1.807) is 12.1 Å². The number of hydrogen-bond acceptors (Lipinski definition) is 5. The first kappa shape index (κ1) is 19.7. The van der Waals surface area contributed by atoms with Gasteiger partial charge in [0.15, 0.2) is 0 Å². The van der Waals surface area contributed by atoms with Crippen LogP contribution in [0.25, 0.3) is 11.0 Å². The molecule has 3 aromatic rings. The largest absolute Gasteiger partial charge is 0.467 e. The van der Waals surface area contributed by atoms with Crippen molar-refractivity contribution in [2.24, 2.45) is 7.05 Å². The van der Waals surface area contributed by atoms with E-state index >= 15 is 0 Å². The average molecular weight is 409 g/mol. The van der Waals surface area contributed by atoms with E-state index in [0.717, 1.165) is 21.8 Å². The van der Waals surface area contributed by atoms with Crippen molar-refractivity contribution in [3.8, 4) is 0 Å². The average Bonchev–Trinajstić information content (AvgIpc) is 3.43. The minimum Gasteiger partial charge on any atom is -0.467 e. The molecule has 1 atom stereocenters. The van der Waals surface area contributed by atoms with Crippen molar-refractivity contribution in [3.05, 3.63) is 54.2 Å². The number of nitrogens with zero attached hydrogens (tertiary/aromatic N) is 3.